The third-order valence-electron chi connectivity index (χ3n) is 4.91. The maximum Gasteiger partial charge on any atom is 0.251 e. The number of nitrogens with zero attached hydrogens (tertiary/aromatic N) is 2. The van der Waals surface area contributed by atoms with Crippen LogP contribution in [0, 0.1) is 5.41 Å². The molecule has 2 aliphatic rings. The maximum atomic E-state index is 12.1. The van der Waals surface area contributed by atoms with Crippen molar-refractivity contribution in [3.63, 3.8) is 0 Å². The SMILES string of the molecule is C=CC(=O)N1CCC2(CCN(C(=O)[C@H](O)CCC)CC2)C1. The topological polar surface area (TPSA) is 60.9 Å². The van der Waals surface area contributed by atoms with Gasteiger partial charge in [0.2, 0.25) is 5.91 Å². The van der Waals surface area contributed by atoms with E-state index in [-0.39, 0.29) is 17.2 Å². The Labute approximate surface area is 126 Å². The van der Waals surface area contributed by atoms with Crippen LogP contribution in [0.2, 0.25) is 0 Å². The van der Waals surface area contributed by atoms with Crippen LogP contribution in [-0.2, 0) is 9.59 Å². The van der Waals surface area contributed by atoms with E-state index < -0.39 is 6.10 Å². The Balaban J connectivity index is 1.87. The van der Waals surface area contributed by atoms with E-state index in [0.717, 1.165) is 38.8 Å². The third kappa shape index (κ3) is 3.46. The monoisotopic (exact) mass is 294 g/mol. The summed E-state index contributed by atoms with van der Waals surface area (Å²) in [6.07, 6.45) is 4.69. The lowest BCUT2D eigenvalue weighted by molar-refractivity contribution is -0.143. The van der Waals surface area contributed by atoms with E-state index in [4.69, 9.17) is 0 Å². The molecule has 1 N–H and O–H groups in total. The number of amides is 2. The molecule has 2 fully saturated rings. The summed E-state index contributed by atoms with van der Waals surface area (Å²) in [6.45, 7) is 8.45. The van der Waals surface area contributed by atoms with Gasteiger partial charge < -0.3 is 14.9 Å². The normalized spacial score (nSPS) is 22.4. The standard InChI is InChI=1S/C16H26N2O3/c1-3-5-13(19)15(21)17-9-6-16(7-10-17)8-11-18(12-16)14(20)4-2/h4,13,19H,2-3,5-12H2,1H3/t13-/m1/s1. The first-order valence-electron chi connectivity index (χ1n) is 7.89. The lowest BCUT2D eigenvalue weighted by atomic mass is 9.77. The molecular weight excluding hydrogens is 268 g/mol. The predicted octanol–water partition coefficient (Wildman–Crippen LogP) is 1.17. The minimum atomic E-state index is -0.855. The Hall–Kier alpha value is -1.36. The van der Waals surface area contributed by atoms with Crippen molar-refractivity contribution in [3.8, 4) is 0 Å². The fourth-order valence-corrected chi connectivity index (χ4v) is 3.47. The van der Waals surface area contributed by atoms with Gasteiger partial charge in [-0.25, -0.2) is 0 Å². The molecule has 0 radical (unpaired) electrons. The summed E-state index contributed by atoms with van der Waals surface area (Å²) in [5, 5.41) is 9.82. The van der Waals surface area contributed by atoms with Crippen molar-refractivity contribution in [1.29, 1.82) is 0 Å². The predicted molar refractivity (Wildman–Crippen MR) is 80.6 cm³/mol. The number of carbonyl (C=O) groups excluding carboxylic acids is 2. The summed E-state index contributed by atoms with van der Waals surface area (Å²) in [5.74, 6) is -0.132. The van der Waals surface area contributed by atoms with Gasteiger partial charge in [0, 0.05) is 26.2 Å². The zero-order valence-electron chi connectivity index (χ0n) is 12.9. The van der Waals surface area contributed by atoms with Crippen molar-refractivity contribution in [2.75, 3.05) is 26.2 Å². The molecule has 0 unspecified atom stereocenters. The molecule has 2 aliphatic heterocycles. The second kappa shape index (κ2) is 6.60. The molecule has 0 saturated carbocycles. The van der Waals surface area contributed by atoms with Crippen LogP contribution in [0.5, 0.6) is 0 Å². The van der Waals surface area contributed by atoms with E-state index >= 15 is 0 Å². The molecule has 21 heavy (non-hydrogen) atoms. The maximum absolute atomic E-state index is 12.1. The van der Waals surface area contributed by atoms with Gasteiger partial charge in [-0.15, -0.1) is 0 Å². The van der Waals surface area contributed by atoms with Gasteiger partial charge in [-0.2, -0.15) is 0 Å². The summed E-state index contributed by atoms with van der Waals surface area (Å²) < 4.78 is 0. The largest absolute Gasteiger partial charge is 0.383 e. The van der Waals surface area contributed by atoms with Gasteiger partial charge in [-0.1, -0.05) is 19.9 Å². The van der Waals surface area contributed by atoms with Crippen molar-refractivity contribution < 1.29 is 14.7 Å². The summed E-state index contributed by atoms with van der Waals surface area (Å²) in [4.78, 5) is 27.4. The Bertz CT molecular complexity index is 414. The number of likely N-dealkylation sites (tertiary alicyclic amines) is 2. The molecule has 1 atom stereocenters. The number of hydrogen-bond acceptors (Lipinski definition) is 3. The van der Waals surface area contributed by atoms with E-state index in [9.17, 15) is 14.7 Å². The zero-order valence-corrected chi connectivity index (χ0v) is 12.9. The molecule has 2 saturated heterocycles. The first-order valence-corrected chi connectivity index (χ1v) is 7.89. The van der Waals surface area contributed by atoms with Gasteiger partial charge in [0.25, 0.3) is 5.91 Å². The van der Waals surface area contributed by atoms with Crippen LogP contribution < -0.4 is 0 Å². The highest BCUT2D eigenvalue weighted by atomic mass is 16.3. The third-order valence-corrected chi connectivity index (χ3v) is 4.91. The molecule has 5 nitrogen and oxygen atoms in total. The molecule has 2 heterocycles. The number of carbonyl (C=O) groups is 2. The molecule has 0 aliphatic carbocycles. The molecule has 1 spiro atoms. The molecule has 2 rings (SSSR count). The second-order valence-corrected chi connectivity index (χ2v) is 6.34. The van der Waals surface area contributed by atoms with Gasteiger partial charge in [0.1, 0.15) is 6.10 Å². The van der Waals surface area contributed by atoms with Gasteiger partial charge in [0.15, 0.2) is 0 Å². The average Bonchev–Trinajstić information content (AvgIpc) is 2.90. The number of rotatable bonds is 4. The fourth-order valence-electron chi connectivity index (χ4n) is 3.47. The minimum absolute atomic E-state index is 0.00347. The number of hydrogen-bond donors (Lipinski definition) is 1. The lowest BCUT2D eigenvalue weighted by Crippen LogP contribution is -2.47. The molecule has 0 bridgehead atoms. The molecule has 118 valence electrons. The van der Waals surface area contributed by atoms with Crippen LogP contribution in [-0.4, -0.2) is 59.0 Å². The highest BCUT2D eigenvalue weighted by Crippen LogP contribution is 2.40. The zero-order chi connectivity index (χ0) is 15.5. The van der Waals surface area contributed by atoms with E-state index in [1.807, 2.05) is 11.8 Å². The average molecular weight is 294 g/mol. The van der Waals surface area contributed by atoms with Crippen LogP contribution >= 0.6 is 0 Å². The first kappa shape index (κ1) is 16.0. The summed E-state index contributed by atoms with van der Waals surface area (Å²) in [5.41, 5.74) is 0.158. The Morgan fingerprint density at radius 3 is 2.33 bits per heavy atom. The molecule has 0 aromatic rings. The van der Waals surface area contributed by atoms with E-state index in [1.54, 1.807) is 4.90 Å². The second-order valence-electron chi connectivity index (χ2n) is 6.34. The van der Waals surface area contributed by atoms with Crippen molar-refractivity contribution in [2.45, 2.75) is 45.1 Å². The van der Waals surface area contributed by atoms with Gasteiger partial charge in [0.05, 0.1) is 0 Å². The van der Waals surface area contributed by atoms with Crippen molar-refractivity contribution in [3.05, 3.63) is 12.7 Å². The summed E-state index contributed by atoms with van der Waals surface area (Å²) in [6, 6.07) is 0. The quantitative estimate of drug-likeness (QED) is 0.792. The molecule has 0 aromatic carbocycles. The van der Waals surface area contributed by atoms with Crippen molar-refractivity contribution in [1.82, 2.24) is 9.80 Å². The van der Waals surface area contributed by atoms with Crippen molar-refractivity contribution in [2.24, 2.45) is 5.41 Å². The van der Waals surface area contributed by atoms with Crippen LogP contribution in [0.1, 0.15) is 39.0 Å². The van der Waals surface area contributed by atoms with Crippen LogP contribution in [0.4, 0.5) is 0 Å². The van der Waals surface area contributed by atoms with Gasteiger partial charge in [-0.3, -0.25) is 9.59 Å². The van der Waals surface area contributed by atoms with E-state index in [1.165, 1.54) is 6.08 Å². The molecule has 5 heteroatoms. The molecule has 2 amide bonds. The lowest BCUT2D eigenvalue weighted by Gasteiger charge is -2.39. The highest BCUT2D eigenvalue weighted by Gasteiger charge is 2.42. The van der Waals surface area contributed by atoms with E-state index in [0.29, 0.717) is 19.5 Å². The van der Waals surface area contributed by atoms with Crippen molar-refractivity contribution >= 4 is 11.8 Å². The van der Waals surface area contributed by atoms with Gasteiger partial charge in [-0.05, 0) is 37.2 Å². The first-order chi connectivity index (χ1) is 10.0. The molecular formula is C16H26N2O3. The smallest absolute Gasteiger partial charge is 0.251 e. The van der Waals surface area contributed by atoms with E-state index in [2.05, 4.69) is 6.58 Å². The van der Waals surface area contributed by atoms with Crippen LogP contribution in [0.15, 0.2) is 12.7 Å². The molecule has 0 aromatic heterocycles. The van der Waals surface area contributed by atoms with Crippen LogP contribution in [0.3, 0.4) is 0 Å². The summed E-state index contributed by atoms with van der Waals surface area (Å²) >= 11 is 0. The van der Waals surface area contributed by atoms with Crippen LogP contribution in [0.25, 0.3) is 0 Å². The Morgan fingerprint density at radius 1 is 1.24 bits per heavy atom. The number of aliphatic hydroxyl groups excluding tert-OH is 1. The summed E-state index contributed by atoms with van der Waals surface area (Å²) in [7, 11) is 0. The fraction of sp³-hybridized carbons (Fsp3) is 0.750. The Morgan fingerprint density at radius 2 is 1.81 bits per heavy atom. The van der Waals surface area contributed by atoms with Gasteiger partial charge >= 0.3 is 0 Å². The minimum Gasteiger partial charge on any atom is -0.383 e. The Kier molecular flexibility index (Phi) is 5.04. The number of piperidine rings is 1. The number of aliphatic hydroxyl groups is 1. The highest BCUT2D eigenvalue weighted by molar-refractivity contribution is 5.87.